The molecule has 21 heavy (non-hydrogen) atoms. The number of H-pyrrole nitrogens is 1. The van der Waals surface area contributed by atoms with Crippen molar-refractivity contribution >= 4 is 45.8 Å². The maximum Gasteiger partial charge on any atom is 0.178 e. The summed E-state index contributed by atoms with van der Waals surface area (Å²) in [4.78, 5) is 3.26. The number of fused-ring (bicyclic) bond motifs is 1. The third-order valence-electron chi connectivity index (χ3n) is 4.70. The highest BCUT2D eigenvalue weighted by Gasteiger charge is 2.25. The number of halogens is 2. The molecule has 0 aliphatic heterocycles. The van der Waals surface area contributed by atoms with Gasteiger partial charge in [0.25, 0.3) is 0 Å². The molecule has 1 unspecified atom stereocenters. The first-order valence-corrected chi connectivity index (χ1v) is 9.19. The zero-order valence-corrected chi connectivity index (χ0v) is 15.1. The highest BCUT2D eigenvalue weighted by molar-refractivity contribution is 14.1. The van der Waals surface area contributed by atoms with Gasteiger partial charge < -0.3 is 9.55 Å². The first-order valence-electron chi connectivity index (χ1n) is 7.71. The highest BCUT2D eigenvalue weighted by atomic mass is 127. The fraction of sp³-hybridized carbons (Fsp3) is 0.562. The third kappa shape index (κ3) is 2.91. The maximum absolute atomic E-state index is 14.0. The van der Waals surface area contributed by atoms with Gasteiger partial charge in [0.1, 0.15) is 5.82 Å². The van der Waals surface area contributed by atoms with E-state index < -0.39 is 0 Å². The molecule has 2 aromatic rings. The molecular formula is C16H20FIN2S. The van der Waals surface area contributed by atoms with Gasteiger partial charge in [0, 0.05) is 12.1 Å². The number of aromatic nitrogens is 2. The van der Waals surface area contributed by atoms with Crippen molar-refractivity contribution in [3.8, 4) is 0 Å². The summed E-state index contributed by atoms with van der Waals surface area (Å²) in [7, 11) is 0. The lowest BCUT2D eigenvalue weighted by Crippen LogP contribution is -2.21. The Balaban J connectivity index is 2.11. The maximum atomic E-state index is 14.0. The van der Waals surface area contributed by atoms with Gasteiger partial charge in [-0.05, 0) is 66.1 Å². The number of nitrogens with one attached hydrogen (secondary N) is 1. The summed E-state index contributed by atoms with van der Waals surface area (Å²) in [6, 6.07) is 3.87. The van der Waals surface area contributed by atoms with Crippen LogP contribution in [0.25, 0.3) is 11.0 Å². The van der Waals surface area contributed by atoms with Gasteiger partial charge in [0.15, 0.2) is 4.77 Å². The summed E-state index contributed by atoms with van der Waals surface area (Å²) >= 11 is 7.56. The molecule has 0 bridgehead atoms. The molecule has 0 radical (unpaired) electrons. The molecular weight excluding hydrogens is 398 g/mol. The first-order chi connectivity index (χ1) is 10.1. The van der Waals surface area contributed by atoms with Crippen LogP contribution in [-0.2, 0) is 0 Å². The van der Waals surface area contributed by atoms with Crippen LogP contribution in [0.15, 0.2) is 12.1 Å². The standard InChI is InChI=1S/C16H20FIN2S/c1-2-14(10-6-4-3-5-7-10)20-15-8-11(17)12(18)9-13(15)19-16(20)21/h8-10,14H,2-7H2,1H3,(H,19,21). The second-order valence-electron chi connectivity index (χ2n) is 5.96. The van der Waals surface area contributed by atoms with Crippen LogP contribution >= 0.6 is 34.8 Å². The predicted molar refractivity (Wildman–Crippen MR) is 95.7 cm³/mol. The lowest BCUT2D eigenvalue weighted by Gasteiger charge is -2.31. The van der Waals surface area contributed by atoms with Gasteiger partial charge in [-0.3, -0.25) is 0 Å². The van der Waals surface area contributed by atoms with Gasteiger partial charge in [-0.2, -0.15) is 0 Å². The van der Waals surface area contributed by atoms with Crippen molar-refractivity contribution in [3.63, 3.8) is 0 Å². The number of hydrogen-bond acceptors (Lipinski definition) is 1. The van der Waals surface area contributed by atoms with Gasteiger partial charge in [0.2, 0.25) is 0 Å². The van der Waals surface area contributed by atoms with Gasteiger partial charge in [-0.25, -0.2) is 4.39 Å². The molecule has 1 aromatic carbocycles. The number of hydrogen-bond donors (Lipinski definition) is 1. The van der Waals surface area contributed by atoms with Crippen molar-refractivity contribution in [2.75, 3.05) is 0 Å². The Labute approximate surface area is 143 Å². The smallest absolute Gasteiger partial charge is 0.178 e. The van der Waals surface area contributed by atoms with E-state index in [0.717, 1.165) is 22.2 Å². The second-order valence-corrected chi connectivity index (χ2v) is 7.51. The van der Waals surface area contributed by atoms with Crippen molar-refractivity contribution in [2.24, 2.45) is 5.92 Å². The molecule has 2 nitrogen and oxygen atoms in total. The Hall–Kier alpha value is -0.430. The molecule has 114 valence electrons. The van der Waals surface area contributed by atoms with Crippen LogP contribution < -0.4 is 0 Å². The monoisotopic (exact) mass is 418 g/mol. The molecule has 1 aliphatic rings. The predicted octanol–water partition coefficient (Wildman–Crippen LogP) is 5.97. The summed E-state index contributed by atoms with van der Waals surface area (Å²) < 4.78 is 17.5. The quantitative estimate of drug-likeness (QED) is 0.481. The van der Waals surface area contributed by atoms with Crippen molar-refractivity contribution in [1.29, 1.82) is 0 Å². The fourth-order valence-corrected chi connectivity index (χ4v) is 4.51. The molecule has 1 heterocycles. The Morgan fingerprint density at radius 3 is 2.76 bits per heavy atom. The lowest BCUT2D eigenvalue weighted by atomic mass is 9.83. The Morgan fingerprint density at radius 1 is 1.38 bits per heavy atom. The van der Waals surface area contributed by atoms with Crippen LogP contribution in [0.3, 0.4) is 0 Å². The zero-order valence-electron chi connectivity index (χ0n) is 12.2. The van der Waals surface area contributed by atoms with E-state index in [9.17, 15) is 4.39 Å². The lowest BCUT2D eigenvalue weighted by molar-refractivity contribution is 0.245. The van der Waals surface area contributed by atoms with E-state index in [1.54, 1.807) is 6.07 Å². The van der Waals surface area contributed by atoms with Gasteiger partial charge in [0.05, 0.1) is 14.6 Å². The normalized spacial score (nSPS) is 18.2. The van der Waals surface area contributed by atoms with E-state index in [1.165, 1.54) is 32.1 Å². The molecule has 0 spiro atoms. The molecule has 1 N–H and O–H groups in total. The molecule has 0 saturated heterocycles. The molecule has 5 heteroatoms. The van der Waals surface area contributed by atoms with Crippen LogP contribution in [0.4, 0.5) is 4.39 Å². The minimum atomic E-state index is -0.163. The second kappa shape index (κ2) is 6.36. The van der Waals surface area contributed by atoms with Gasteiger partial charge in [-0.1, -0.05) is 26.2 Å². The fourth-order valence-electron chi connectivity index (χ4n) is 3.70. The van der Waals surface area contributed by atoms with Gasteiger partial charge in [-0.15, -0.1) is 0 Å². The van der Waals surface area contributed by atoms with Gasteiger partial charge >= 0.3 is 0 Å². The Kier molecular flexibility index (Phi) is 4.69. The van der Waals surface area contributed by atoms with Crippen molar-refractivity contribution < 1.29 is 4.39 Å². The Bertz CT molecular complexity index is 700. The van der Waals surface area contributed by atoms with Crippen LogP contribution in [0.2, 0.25) is 0 Å². The number of aromatic amines is 1. The third-order valence-corrected chi connectivity index (χ3v) is 5.83. The highest BCUT2D eigenvalue weighted by Crippen LogP contribution is 2.37. The molecule has 1 atom stereocenters. The number of benzene rings is 1. The summed E-state index contributed by atoms with van der Waals surface area (Å²) in [5, 5.41) is 0. The van der Waals surface area contributed by atoms with E-state index in [4.69, 9.17) is 12.2 Å². The molecule has 0 amide bonds. The molecule has 3 rings (SSSR count). The SMILES string of the molecule is CCC(C1CCCCC1)n1c(=S)[nH]c2cc(I)c(F)cc21. The van der Waals surface area contributed by atoms with Crippen LogP contribution in [0, 0.1) is 20.1 Å². The zero-order chi connectivity index (χ0) is 15.0. The van der Waals surface area contributed by atoms with Crippen LogP contribution in [0.5, 0.6) is 0 Å². The largest absolute Gasteiger partial charge is 0.331 e. The molecule has 1 aliphatic carbocycles. The average Bonchev–Trinajstić information content (AvgIpc) is 2.78. The van der Waals surface area contributed by atoms with E-state index in [0.29, 0.717) is 15.5 Å². The number of imidazole rings is 1. The van der Waals surface area contributed by atoms with E-state index >= 15 is 0 Å². The minimum Gasteiger partial charge on any atom is -0.331 e. The summed E-state index contributed by atoms with van der Waals surface area (Å²) in [5.41, 5.74) is 1.86. The summed E-state index contributed by atoms with van der Waals surface area (Å²) in [6.45, 7) is 2.21. The molecule has 1 saturated carbocycles. The van der Waals surface area contributed by atoms with Crippen molar-refractivity contribution in [3.05, 3.63) is 26.3 Å². The van der Waals surface area contributed by atoms with E-state index in [1.807, 2.05) is 28.7 Å². The van der Waals surface area contributed by atoms with Crippen molar-refractivity contribution in [1.82, 2.24) is 9.55 Å². The summed E-state index contributed by atoms with van der Waals surface area (Å²) in [5.74, 6) is 0.501. The topological polar surface area (TPSA) is 20.7 Å². The minimum absolute atomic E-state index is 0.163. The molecule has 1 aromatic heterocycles. The van der Waals surface area contributed by atoms with E-state index in [-0.39, 0.29) is 5.82 Å². The number of rotatable bonds is 3. The van der Waals surface area contributed by atoms with Crippen LogP contribution in [0.1, 0.15) is 51.5 Å². The molecule has 1 fully saturated rings. The average molecular weight is 418 g/mol. The van der Waals surface area contributed by atoms with Crippen LogP contribution in [-0.4, -0.2) is 9.55 Å². The first kappa shape index (κ1) is 15.5. The van der Waals surface area contributed by atoms with E-state index in [2.05, 4.69) is 16.5 Å². The summed E-state index contributed by atoms with van der Waals surface area (Å²) in [6.07, 6.45) is 7.53. The van der Waals surface area contributed by atoms with Crippen molar-refractivity contribution in [2.45, 2.75) is 51.5 Å². The Morgan fingerprint density at radius 2 is 2.10 bits per heavy atom. The number of nitrogens with zero attached hydrogens (tertiary/aromatic N) is 1.